The zero-order valence-electron chi connectivity index (χ0n) is 11.1. The molecule has 2 heterocycles. The van der Waals surface area contributed by atoms with Crippen molar-refractivity contribution in [2.45, 2.75) is 45.2 Å². The van der Waals surface area contributed by atoms with Gasteiger partial charge >= 0.3 is 0 Å². The van der Waals surface area contributed by atoms with Crippen molar-refractivity contribution in [3.8, 4) is 0 Å². The SMILES string of the molecule is CC1CCCCN1CCCNCc1cc(Br)cs1. The Hall–Kier alpha value is 0.1000. The van der Waals surface area contributed by atoms with E-state index in [0.29, 0.717) is 0 Å². The molecule has 0 bridgehead atoms. The highest BCUT2D eigenvalue weighted by molar-refractivity contribution is 9.10. The van der Waals surface area contributed by atoms with Gasteiger partial charge in [0, 0.05) is 27.3 Å². The first-order valence-corrected chi connectivity index (χ1v) is 8.60. The van der Waals surface area contributed by atoms with E-state index in [4.69, 9.17) is 0 Å². The molecule has 102 valence electrons. The van der Waals surface area contributed by atoms with Crippen molar-refractivity contribution < 1.29 is 0 Å². The van der Waals surface area contributed by atoms with Crippen LogP contribution in [0.25, 0.3) is 0 Å². The van der Waals surface area contributed by atoms with Gasteiger partial charge in [0.1, 0.15) is 0 Å². The van der Waals surface area contributed by atoms with Crippen LogP contribution >= 0.6 is 27.3 Å². The number of nitrogens with one attached hydrogen (secondary N) is 1. The summed E-state index contributed by atoms with van der Waals surface area (Å²) in [5.74, 6) is 0. The molecule has 18 heavy (non-hydrogen) atoms. The third-order valence-corrected chi connectivity index (χ3v) is 5.36. The molecule has 1 fully saturated rings. The van der Waals surface area contributed by atoms with Crippen LogP contribution in [0, 0.1) is 0 Å². The first-order chi connectivity index (χ1) is 8.75. The van der Waals surface area contributed by atoms with Crippen LogP contribution in [0.3, 0.4) is 0 Å². The molecule has 0 amide bonds. The first-order valence-electron chi connectivity index (χ1n) is 6.93. The number of piperidine rings is 1. The lowest BCUT2D eigenvalue weighted by molar-refractivity contribution is 0.159. The zero-order valence-corrected chi connectivity index (χ0v) is 13.5. The Bertz CT molecular complexity index is 353. The lowest BCUT2D eigenvalue weighted by atomic mass is 10.0. The lowest BCUT2D eigenvalue weighted by Gasteiger charge is -2.33. The van der Waals surface area contributed by atoms with Gasteiger partial charge in [-0.05, 0) is 67.8 Å². The van der Waals surface area contributed by atoms with Gasteiger partial charge in [-0.1, -0.05) is 6.42 Å². The van der Waals surface area contributed by atoms with Crippen molar-refractivity contribution in [3.05, 3.63) is 20.8 Å². The number of halogens is 1. The summed E-state index contributed by atoms with van der Waals surface area (Å²) in [6.07, 6.45) is 5.46. The molecule has 0 saturated carbocycles. The summed E-state index contributed by atoms with van der Waals surface area (Å²) in [6.45, 7) is 7.06. The highest BCUT2D eigenvalue weighted by Crippen LogP contribution is 2.19. The molecule has 1 aromatic rings. The van der Waals surface area contributed by atoms with E-state index >= 15 is 0 Å². The van der Waals surface area contributed by atoms with Crippen molar-refractivity contribution in [1.82, 2.24) is 10.2 Å². The van der Waals surface area contributed by atoms with Gasteiger partial charge in [-0.15, -0.1) is 11.3 Å². The second-order valence-electron chi connectivity index (χ2n) is 5.14. The van der Waals surface area contributed by atoms with Crippen molar-refractivity contribution in [2.75, 3.05) is 19.6 Å². The maximum Gasteiger partial charge on any atom is 0.0300 e. The highest BCUT2D eigenvalue weighted by Gasteiger charge is 2.16. The maximum absolute atomic E-state index is 3.53. The second kappa shape index (κ2) is 7.63. The van der Waals surface area contributed by atoms with E-state index in [0.717, 1.165) is 19.1 Å². The van der Waals surface area contributed by atoms with Crippen molar-refractivity contribution in [2.24, 2.45) is 0 Å². The summed E-state index contributed by atoms with van der Waals surface area (Å²) in [7, 11) is 0. The van der Waals surface area contributed by atoms with Crippen LogP contribution in [0.15, 0.2) is 15.9 Å². The minimum Gasteiger partial charge on any atom is -0.312 e. The maximum atomic E-state index is 3.53. The molecule has 1 aromatic heterocycles. The summed E-state index contributed by atoms with van der Waals surface area (Å²) in [5.41, 5.74) is 0. The molecule has 1 atom stereocenters. The molecule has 1 unspecified atom stereocenters. The Balaban J connectivity index is 1.55. The van der Waals surface area contributed by atoms with Crippen molar-refractivity contribution >= 4 is 27.3 Å². The van der Waals surface area contributed by atoms with Gasteiger partial charge < -0.3 is 10.2 Å². The molecule has 2 nitrogen and oxygen atoms in total. The fourth-order valence-electron chi connectivity index (χ4n) is 2.56. The standard InChI is InChI=1S/C14H23BrN2S/c1-12-5-2-3-7-17(12)8-4-6-16-10-14-9-13(15)11-18-14/h9,11-12,16H,2-8,10H2,1H3. The summed E-state index contributed by atoms with van der Waals surface area (Å²) < 4.78 is 1.20. The average molecular weight is 331 g/mol. The van der Waals surface area contributed by atoms with Gasteiger partial charge in [0.15, 0.2) is 0 Å². The van der Waals surface area contributed by atoms with Crippen molar-refractivity contribution in [1.29, 1.82) is 0 Å². The monoisotopic (exact) mass is 330 g/mol. The van der Waals surface area contributed by atoms with Crippen LogP contribution in [-0.4, -0.2) is 30.6 Å². The van der Waals surface area contributed by atoms with Crippen LogP contribution in [0.5, 0.6) is 0 Å². The topological polar surface area (TPSA) is 15.3 Å². The van der Waals surface area contributed by atoms with Crippen LogP contribution in [0.1, 0.15) is 37.5 Å². The Labute approximate surface area is 123 Å². The number of likely N-dealkylation sites (tertiary alicyclic amines) is 1. The molecule has 0 aliphatic carbocycles. The Morgan fingerprint density at radius 2 is 2.39 bits per heavy atom. The minimum atomic E-state index is 0.798. The molecule has 0 aromatic carbocycles. The van der Waals surface area contributed by atoms with E-state index in [9.17, 15) is 0 Å². The van der Waals surface area contributed by atoms with E-state index < -0.39 is 0 Å². The average Bonchev–Trinajstić information content (AvgIpc) is 2.77. The predicted octanol–water partition coefficient (Wildman–Crippen LogP) is 3.86. The van der Waals surface area contributed by atoms with Crippen LogP contribution in [0.2, 0.25) is 0 Å². The second-order valence-corrected chi connectivity index (χ2v) is 7.05. The van der Waals surface area contributed by atoms with Crippen LogP contribution in [0.4, 0.5) is 0 Å². The fourth-order valence-corrected chi connectivity index (χ4v) is 3.98. The van der Waals surface area contributed by atoms with Crippen molar-refractivity contribution in [3.63, 3.8) is 0 Å². The van der Waals surface area contributed by atoms with Gasteiger partial charge in [-0.2, -0.15) is 0 Å². The van der Waals surface area contributed by atoms with Gasteiger partial charge in [0.05, 0.1) is 0 Å². The smallest absolute Gasteiger partial charge is 0.0300 e. The van der Waals surface area contributed by atoms with Gasteiger partial charge in [-0.3, -0.25) is 0 Å². The third-order valence-electron chi connectivity index (χ3n) is 3.66. The largest absolute Gasteiger partial charge is 0.312 e. The zero-order chi connectivity index (χ0) is 12.8. The van der Waals surface area contributed by atoms with E-state index in [-0.39, 0.29) is 0 Å². The van der Waals surface area contributed by atoms with Crippen LogP contribution < -0.4 is 5.32 Å². The fraction of sp³-hybridized carbons (Fsp3) is 0.714. The molecule has 4 heteroatoms. The summed E-state index contributed by atoms with van der Waals surface area (Å²) in [4.78, 5) is 4.06. The highest BCUT2D eigenvalue weighted by atomic mass is 79.9. The molecular formula is C14H23BrN2S. The number of hydrogen-bond donors (Lipinski definition) is 1. The van der Waals surface area contributed by atoms with E-state index in [1.54, 1.807) is 0 Å². The van der Waals surface area contributed by atoms with E-state index in [1.165, 1.54) is 48.1 Å². The van der Waals surface area contributed by atoms with E-state index in [2.05, 4.69) is 44.5 Å². The first kappa shape index (κ1) is 14.5. The van der Waals surface area contributed by atoms with Gasteiger partial charge in [0.25, 0.3) is 0 Å². The van der Waals surface area contributed by atoms with Gasteiger partial charge in [0.2, 0.25) is 0 Å². The summed E-state index contributed by atoms with van der Waals surface area (Å²) >= 11 is 5.31. The Morgan fingerprint density at radius 3 is 3.11 bits per heavy atom. The third kappa shape index (κ3) is 4.65. The number of nitrogens with zero attached hydrogens (tertiary/aromatic N) is 1. The number of hydrogen-bond acceptors (Lipinski definition) is 3. The number of thiophene rings is 1. The van der Waals surface area contributed by atoms with E-state index in [1.807, 2.05) is 11.3 Å². The Morgan fingerprint density at radius 1 is 1.50 bits per heavy atom. The molecule has 1 aliphatic heterocycles. The molecule has 1 N–H and O–H groups in total. The normalized spacial score (nSPS) is 21.3. The lowest BCUT2D eigenvalue weighted by Crippen LogP contribution is -2.38. The molecule has 1 aliphatic rings. The molecule has 0 spiro atoms. The van der Waals surface area contributed by atoms with Gasteiger partial charge in [-0.25, -0.2) is 0 Å². The molecule has 2 rings (SSSR count). The molecule has 1 saturated heterocycles. The minimum absolute atomic E-state index is 0.798. The Kier molecular flexibility index (Phi) is 6.15. The predicted molar refractivity (Wildman–Crippen MR) is 83.2 cm³/mol. The quantitative estimate of drug-likeness (QED) is 0.796. The van der Waals surface area contributed by atoms with Crippen LogP contribution in [-0.2, 0) is 6.54 Å². The molecular weight excluding hydrogens is 308 g/mol. The summed E-state index contributed by atoms with van der Waals surface area (Å²) in [6, 6.07) is 3.00. The number of rotatable bonds is 6. The molecule has 0 radical (unpaired) electrons. The summed E-state index contributed by atoms with van der Waals surface area (Å²) in [5, 5.41) is 5.68.